The molecular weight excluding hydrogens is 268 g/mol. The molecule has 3 nitrogen and oxygen atoms in total. The zero-order chi connectivity index (χ0) is 13.9. The first kappa shape index (κ1) is 13.3. The van der Waals surface area contributed by atoms with E-state index in [0.29, 0.717) is 0 Å². The smallest absolute Gasteiger partial charge is 0.186 e. The fourth-order valence-corrected chi connectivity index (χ4v) is 3.49. The van der Waals surface area contributed by atoms with Crippen LogP contribution in [0.15, 0.2) is 30.3 Å². The van der Waals surface area contributed by atoms with Gasteiger partial charge in [0.05, 0.1) is 10.6 Å². The minimum Gasteiger partial charge on any atom is -0.348 e. The fourth-order valence-electron chi connectivity index (χ4n) is 2.54. The number of benzene rings is 1. The summed E-state index contributed by atoms with van der Waals surface area (Å²) in [4.78, 5) is 19.1. The van der Waals surface area contributed by atoms with E-state index in [-0.39, 0.29) is 0 Å². The Labute approximate surface area is 123 Å². The molecule has 0 bridgehead atoms. The molecule has 0 atom stereocenters. The number of thiazole rings is 1. The van der Waals surface area contributed by atoms with Crippen LogP contribution in [-0.4, -0.2) is 24.4 Å². The van der Waals surface area contributed by atoms with Gasteiger partial charge < -0.3 is 4.90 Å². The van der Waals surface area contributed by atoms with E-state index in [1.54, 1.807) is 0 Å². The summed E-state index contributed by atoms with van der Waals surface area (Å²) in [6.45, 7) is 4.38. The molecule has 0 unspecified atom stereocenters. The molecule has 0 aliphatic carbocycles. The second-order valence-corrected chi connectivity index (χ2v) is 6.37. The van der Waals surface area contributed by atoms with Gasteiger partial charge >= 0.3 is 0 Å². The first-order valence-electron chi connectivity index (χ1n) is 7.04. The molecule has 0 amide bonds. The van der Waals surface area contributed by atoms with E-state index in [1.807, 2.05) is 30.3 Å². The van der Waals surface area contributed by atoms with Crippen LogP contribution in [0.25, 0.3) is 11.3 Å². The van der Waals surface area contributed by atoms with Gasteiger partial charge in [-0.2, -0.15) is 0 Å². The quantitative estimate of drug-likeness (QED) is 0.803. The lowest BCUT2D eigenvalue weighted by Gasteiger charge is -2.29. The van der Waals surface area contributed by atoms with E-state index >= 15 is 0 Å². The number of aldehydes is 1. The number of piperidine rings is 1. The standard InChI is InChI=1S/C16H18N2OS/c1-12-7-9-18(10-8-12)16-17-15(14(11-19)20-16)13-5-3-2-4-6-13/h2-6,11-12H,7-10H2,1H3. The van der Waals surface area contributed by atoms with Crippen LogP contribution in [0.2, 0.25) is 0 Å². The highest BCUT2D eigenvalue weighted by atomic mass is 32.1. The molecule has 1 aliphatic heterocycles. The maximum Gasteiger partial charge on any atom is 0.186 e. The van der Waals surface area contributed by atoms with E-state index in [1.165, 1.54) is 24.2 Å². The van der Waals surface area contributed by atoms with Crippen molar-refractivity contribution in [3.05, 3.63) is 35.2 Å². The van der Waals surface area contributed by atoms with Crippen LogP contribution in [-0.2, 0) is 0 Å². The van der Waals surface area contributed by atoms with Gasteiger partial charge in [0.25, 0.3) is 0 Å². The van der Waals surface area contributed by atoms with Gasteiger partial charge in [-0.3, -0.25) is 4.79 Å². The van der Waals surface area contributed by atoms with Crippen LogP contribution in [0.5, 0.6) is 0 Å². The first-order valence-corrected chi connectivity index (χ1v) is 7.86. The molecule has 2 aromatic rings. The second kappa shape index (κ2) is 5.75. The van der Waals surface area contributed by atoms with E-state index in [4.69, 9.17) is 4.98 Å². The molecule has 2 heterocycles. The van der Waals surface area contributed by atoms with Crippen LogP contribution >= 0.6 is 11.3 Å². The number of aromatic nitrogens is 1. The van der Waals surface area contributed by atoms with Gasteiger partial charge in [0.2, 0.25) is 0 Å². The largest absolute Gasteiger partial charge is 0.348 e. The molecule has 0 saturated carbocycles. The average molecular weight is 286 g/mol. The molecule has 1 aromatic carbocycles. The third-order valence-electron chi connectivity index (χ3n) is 3.85. The monoisotopic (exact) mass is 286 g/mol. The van der Waals surface area contributed by atoms with Crippen molar-refractivity contribution in [1.82, 2.24) is 4.98 Å². The van der Waals surface area contributed by atoms with Crippen LogP contribution < -0.4 is 4.90 Å². The predicted octanol–water partition coefficient (Wildman–Crippen LogP) is 3.86. The molecule has 1 aliphatic rings. The summed E-state index contributed by atoms with van der Waals surface area (Å²) < 4.78 is 0. The number of rotatable bonds is 3. The Kier molecular flexibility index (Phi) is 3.83. The van der Waals surface area contributed by atoms with Gasteiger partial charge in [-0.15, -0.1) is 0 Å². The van der Waals surface area contributed by atoms with Crippen LogP contribution in [0.1, 0.15) is 29.4 Å². The van der Waals surface area contributed by atoms with Crippen molar-refractivity contribution in [1.29, 1.82) is 0 Å². The number of carbonyl (C=O) groups excluding carboxylic acids is 1. The second-order valence-electron chi connectivity index (χ2n) is 5.36. The van der Waals surface area contributed by atoms with Crippen LogP contribution in [0.4, 0.5) is 5.13 Å². The van der Waals surface area contributed by atoms with Gasteiger partial charge in [0, 0.05) is 18.7 Å². The van der Waals surface area contributed by atoms with Crippen molar-refractivity contribution >= 4 is 22.8 Å². The van der Waals surface area contributed by atoms with Crippen LogP contribution in [0, 0.1) is 5.92 Å². The first-order chi connectivity index (χ1) is 9.78. The normalized spacial score (nSPS) is 16.4. The van der Waals surface area contributed by atoms with Crippen molar-refractivity contribution in [3.63, 3.8) is 0 Å². The highest BCUT2D eigenvalue weighted by Gasteiger charge is 2.21. The topological polar surface area (TPSA) is 33.2 Å². The third kappa shape index (κ3) is 2.61. The zero-order valence-corrected chi connectivity index (χ0v) is 12.4. The molecule has 0 N–H and O–H groups in total. The average Bonchev–Trinajstić information content (AvgIpc) is 2.93. The summed E-state index contributed by atoms with van der Waals surface area (Å²) >= 11 is 1.51. The van der Waals surface area contributed by atoms with Gasteiger partial charge in [-0.1, -0.05) is 48.6 Å². The molecule has 1 fully saturated rings. The minimum absolute atomic E-state index is 0.727. The number of hydrogen-bond acceptors (Lipinski definition) is 4. The summed E-state index contributed by atoms with van der Waals surface area (Å²) in [7, 11) is 0. The Bertz CT molecular complexity index is 586. The molecule has 1 saturated heterocycles. The Hall–Kier alpha value is -1.68. The minimum atomic E-state index is 0.727. The highest BCUT2D eigenvalue weighted by Crippen LogP contribution is 2.33. The summed E-state index contributed by atoms with van der Waals surface area (Å²) in [5.41, 5.74) is 1.83. The van der Waals surface area contributed by atoms with Gasteiger partial charge in [0.15, 0.2) is 11.4 Å². The SMILES string of the molecule is CC1CCN(c2nc(-c3ccccc3)c(C=O)s2)CC1. The number of hydrogen-bond donors (Lipinski definition) is 0. The lowest BCUT2D eigenvalue weighted by atomic mass is 10.00. The molecular formula is C16H18N2OS. The van der Waals surface area contributed by atoms with E-state index < -0.39 is 0 Å². The van der Waals surface area contributed by atoms with Crippen molar-refractivity contribution in [3.8, 4) is 11.3 Å². The van der Waals surface area contributed by atoms with Crippen molar-refractivity contribution in [2.24, 2.45) is 5.92 Å². The van der Waals surface area contributed by atoms with Gasteiger partial charge in [0.1, 0.15) is 0 Å². The fraction of sp³-hybridized carbons (Fsp3) is 0.375. The molecule has 1 aromatic heterocycles. The van der Waals surface area contributed by atoms with Crippen molar-refractivity contribution in [2.45, 2.75) is 19.8 Å². The lowest BCUT2D eigenvalue weighted by Crippen LogP contribution is -2.32. The zero-order valence-electron chi connectivity index (χ0n) is 11.6. The molecule has 20 heavy (non-hydrogen) atoms. The van der Waals surface area contributed by atoms with Crippen molar-refractivity contribution in [2.75, 3.05) is 18.0 Å². The Balaban J connectivity index is 1.91. The third-order valence-corrected chi connectivity index (χ3v) is 4.89. The maximum absolute atomic E-state index is 11.3. The van der Waals surface area contributed by atoms with Gasteiger partial charge in [-0.05, 0) is 18.8 Å². The predicted molar refractivity (Wildman–Crippen MR) is 83.5 cm³/mol. The Morgan fingerprint density at radius 1 is 1.25 bits per heavy atom. The summed E-state index contributed by atoms with van der Waals surface area (Å²) in [5, 5.41) is 0.984. The van der Waals surface area contributed by atoms with E-state index in [9.17, 15) is 4.79 Å². The van der Waals surface area contributed by atoms with Crippen molar-refractivity contribution < 1.29 is 4.79 Å². The molecule has 3 rings (SSSR count). The maximum atomic E-state index is 11.3. The van der Waals surface area contributed by atoms with Gasteiger partial charge in [-0.25, -0.2) is 4.98 Å². The summed E-state index contributed by atoms with van der Waals surface area (Å²) in [6.07, 6.45) is 3.34. The lowest BCUT2D eigenvalue weighted by molar-refractivity contribution is 0.112. The number of anilines is 1. The summed E-state index contributed by atoms with van der Waals surface area (Å²) in [6, 6.07) is 9.94. The number of nitrogens with zero attached hydrogens (tertiary/aromatic N) is 2. The van der Waals surface area contributed by atoms with Crippen LogP contribution in [0.3, 0.4) is 0 Å². The summed E-state index contributed by atoms with van der Waals surface area (Å²) in [5.74, 6) is 0.797. The Morgan fingerprint density at radius 2 is 1.95 bits per heavy atom. The molecule has 0 radical (unpaired) electrons. The molecule has 0 spiro atoms. The molecule has 104 valence electrons. The highest BCUT2D eigenvalue weighted by molar-refractivity contribution is 7.17. The van der Waals surface area contributed by atoms with E-state index in [0.717, 1.165) is 46.6 Å². The molecule has 4 heteroatoms. The Morgan fingerprint density at radius 3 is 2.60 bits per heavy atom. The van der Waals surface area contributed by atoms with E-state index in [2.05, 4.69) is 11.8 Å². The number of carbonyl (C=O) groups is 1.